The highest BCUT2D eigenvalue weighted by Crippen LogP contribution is 2.30. The molecule has 0 aliphatic carbocycles. The standard InChI is InChI=1S/C17H26N2O/c1-14(20)16-7-3-4-8-17(16)19-12-9-15(13-19)18-10-5-2-6-11-18/h3-4,7-8,14-15,20H,2,5-6,9-13H2,1H3. The van der Waals surface area contributed by atoms with Crippen molar-refractivity contribution in [2.45, 2.75) is 44.8 Å². The molecule has 2 aliphatic rings. The van der Waals surface area contributed by atoms with E-state index in [9.17, 15) is 5.11 Å². The Labute approximate surface area is 122 Å². The maximum absolute atomic E-state index is 9.94. The van der Waals surface area contributed by atoms with Crippen LogP contribution in [0.25, 0.3) is 0 Å². The third-order valence-electron chi connectivity index (χ3n) is 4.80. The van der Waals surface area contributed by atoms with Crippen molar-refractivity contribution in [1.29, 1.82) is 0 Å². The van der Waals surface area contributed by atoms with Gasteiger partial charge in [-0.05, 0) is 45.3 Å². The Morgan fingerprint density at radius 2 is 1.85 bits per heavy atom. The van der Waals surface area contributed by atoms with E-state index in [4.69, 9.17) is 0 Å². The predicted molar refractivity (Wildman–Crippen MR) is 83.1 cm³/mol. The summed E-state index contributed by atoms with van der Waals surface area (Å²) >= 11 is 0. The van der Waals surface area contributed by atoms with Gasteiger partial charge >= 0.3 is 0 Å². The second-order valence-electron chi connectivity index (χ2n) is 6.22. The van der Waals surface area contributed by atoms with E-state index in [0.29, 0.717) is 6.04 Å². The van der Waals surface area contributed by atoms with E-state index in [-0.39, 0.29) is 6.10 Å². The Morgan fingerprint density at radius 1 is 1.10 bits per heavy atom. The summed E-state index contributed by atoms with van der Waals surface area (Å²) in [5, 5.41) is 9.94. The van der Waals surface area contributed by atoms with Crippen LogP contribution in [0.5, 0.6) is 0 Å². The Balaban J connectivity index is 1.70. The summed E-state index contributed by atoms with van der Waals surface area (Å²) in [6.45, 7) is 6.64. The highest BCUT2D eigenvalue weighted by Gasteiger charge is 2.29. The molecule has 110 valence electrons. The van der Waals surface area contributed by atoms with E-state index in [0.717, 1.165) is 18.7 Å². The molecule has 0 spiro atoms. The van der Waals surface area contributed by atoms with Crippen LogP contribution in [0, 0.1) is 0 Å². The minimum Gasteiger partial charge on any atom is -0.389 e. The Hall–Kier alpha value is -1.06. The third-order valence-corrected chi connectivity index (χ3v) is 4.80. The van der Waals surface area contributed by atoms with Gasteiger partial charge in [-0.1, -0.05) is 24.6 Å². The molecule has 3 rings (SSSR count). The van der Waals surface area contributed by atoms with Crippen molar-refractivity contribution in [1.82, 2.24) is 4.90 Å². The number of likely N-dealkylation sites (tertiary alicyclic amines) is 1. The van der Waals surface area contributed by atoms with Crippen molar-refractivity contribution in [2.24, 2.45) is 0 Å². The van der Waals surface area contributed by atoms with Crippen LogP contribution >= 0.6 is 0 Å². The number of aliphatic hydroxyl groups excluding tert-OH is 1. The van der Waals surface area contributed by atoms with Gasteiger partial charge in [-0.3, -0.25) is 4.90 Å². The SMILES string of the molecule is CC(O)c1ccccc1N1CCC(N2CCCCC2)C1. The molecule has 3 heteroatoms. The average Bonchev–Trinajstić information content (AvgIpc) is 2.98. The number of rotatable bonds is 3. The molecule has 2 unspecified atom stereocenters. The van der Waals surface area contributed by atoms with Crippen LogP contribution in [0.3, 0.4) is 0 Å². The fraction of sp³-hybridized carbons (Fsp3) is 0.647. The Bertz CT molecular complexity index is 440. The lowest BCUT2D eigenvalue weighted by Gasteiger charge is -2.32. The lowest BCUT2D eigenvalue weighted by molar-refractivity contribution is 0.174. The van der Waals surface area contributed by atoms with Crippen molar-refractivity contribution in [3.05, 3.63) is 29.8 Å². The van der Waals surface area contributed by atoms with E-state index in [1.807, 2.05) is 19.1 Å². The van der Waals surface area contributed by atoms with Crippen LogP contribution < -0.4 is 4.90 Å². The Morgan fingerprint density at radius 3 is 2.60 bits per heavy atom. The van der Waals surface area contributed by atoms with Gasteiger partial charge in [0, 0.05) is 30.4 Å². The van der Waals surface area contributed by atoms with E-state index in [1.54, 1.807) is 0 Å². The highest BCUT2D eigenvalue weighted by atomic mass is 16.3. The molecule has 3 nitrogen and oxygen atoms in total. The van der Waals surface area contributed by atoms with Crippen molar-refractivity contribution >= 4 is 5.69 Å². The summed E-state index contributed by atoms with van der Waals surface area (Å²) < 4.78 is 0. The molecular weight excluding hydrogens is 248 g/mol. The number of benzene rings is 1. The molecule has 2 atom stereocenters. The van der Waals surface area contributed by atoms with Crippen LogP contribution in [-0.2, 0) is 0 Å². The monoisotopic (exact) mass is 274 g/mol. The number of piperidine rings is 1. The lowest BCUT2D eigenvalue weighted by atomic mass is 10.1. The largest absolute Gasteiger partial charge is 0.389 e. The molecule has 1 aromatic rings. The predicted octanol–water partition coefficient (Wildman–Crippen LogP) is 2.80. The van der Waals surface area contributed by atoms with Crippen LogP contribution in [0.15, 0.2) is 24.3 Å². The van der Waals surface area contributed by atoms with Crippen LogP contribution in [0.2, 0.25) is 0 Å². The maximum Gasteiger partial charge on any atom is 0.0781 e. The van der Waals surface area contributed by atoms with Gasteiger partial charge < -0.3 is 10.0 Å². The zero-order chi connectivity index (χ0) is 13.9. The summed E-state index contributed by atoms with van der Waals surface area (Å²) in [7, 11) is 0. The van der Waals surface area contributed by atoms with E-state index >= 15 is 0 Å². The second-order valence-corrected chi connectivity index (χ2v) is 6.22. The van der Waals surface area contributed by atoms with Crippen molar-refractivity contribution in [3.63, 3.8) is 0 Å². The molecule has 2 aliphatic heterocycles. The maximum atomic E-state index is 9.94. The normalized spacial score (nSPS) is 25.9. The summed E-state index contributed by atoms with van der Waals surface area (Å²) in [6, 6.07) is 9.01. The fourth-order valence-corrected chi connectivity index (χ4v) is 3.67. The number of hydrogen-bond acceptors (Lipinski definition) is 3. The molecular formula is C17H26N2O. The summed E-state index contributed by atoms with van der Waals surface area (Å²) in [5.41, 5.74) is 2.29. The lowest BCUT2D eigenvalue weighted by Crippen LogP contribution is -2.41. The van der Waals surface area contributed by atoms with Crippen LogP contribution in [0.1, 0.15) is 44.3 Å². The molecule has 0 radical (unpaired) electrons. The van der Waals surface area contributed by atoms with Crippen LogP contribution in [0.4, 0.5) is 5.69 Å². The molecule has 1 aromatic carbocycles. The van der Waals surface area contributed by atoms with Crippen molar-refractivity contribution in [2.75, 3.05) is 31.1 Å². The first-order valence-corrected chi connectivity index (χ1v) is 8.01. The van der Waals surface area contributed by atoms with Gasteiger partial charge in [-0.2, -0.15) is 0 Å². The van der Waals surface area contributed by atoms with Crippen LogP contribution in [-0.4, -0.2) is 42.2 Å². The number of hydrogen-bond donors (Lipinski definition) is 1. The minimum absolute atomic E-state index is 0.389. The Kier molecular flexibility index (Phi) is 4.27. The molecule has 0 amide bonds. The topological polar surface area (TPSA) is 26.7 Å². The molecule has 0 bridgehead atoms. The number of aliphatic hydroxyl groups is 1. The fourth-order valence-electron chi connectivity index (χ4n) is 3.67. The first-order valence-electron chi connectivity index (χ1n) is 8.01. The molecule has 0 saturated carbocycles. The second kappa shape index (κ2) is 6.15. The zero-order valence-electron chi connectivity index (χ0n) is 12.5. The number of anilines is 1. The van der Waals surface area contributed by atoms with Gasteiger partial charge in [0.1, 0.15) is 0 Å². The van der Waals surface area contributed by atoms with Crippen molar-refractivity contribution in [3.8, 4) is 0 Å². The van der Waals surface area contributed by atoms with E-state index in [2.05, 4.69) is 21.9 Å². The zero-order valence-corrected chi connectivity index (χ0v) is 12.5. The molecule has 0 aromatic heterocycles. The number of nitrogens with zero attached hydrogens (tertiary/aromatic N) is 2. The van der Waals surface area contributed by atoms with Gasteiger partial charge in [0.05, 0.1) is 6.10 Å². The molecule has 20 heavy (non-hydrogen) atoms. The van der Waals surface area contributed by atoms with Gasteiger partial charge in [-0.15, -0.1) is 0 Å². The van der Waals surface area contributed by atoms with E-state index in [1.165, 1.54) is 44.5 Å². The van der Waals surface area contributed by atoms with E-state index < -0.39 is 0 Å². The number of para-hydroxylation sites is 1. The molecule has 2 fully saturated rings. The van der Waals surface area contributed by atoms with Gasteiger partial charge in [0.2, 0.25) is 0 Å². The molecule has 2 heterocycles. The third kappa shape index (κ3) is 2.84. The van der Waals surface area contributed by atoms with Gasteiger partial charge in [0.25, 0.3) is 0 Å². The minimum atomic E-state index is -0.389. The first kappa shape index (κ1) is 13.9. The first-order chi connectivity index (χ1) is 9.75. The van der Waals surface area contributed by atoms with Crippen molar-refractivity contribution < 1.29 is 5.11 Å². The quantitative estimate of drug-likeness (QED) is 0.918. The highest BCUT2D eigenvalue weighted by molar-refractivity contribution is 5.55. The summed E-state index contributed by atoms with van der Waals surface area (Å²) in [4.78, 5) is 5.13. The summed E-state index contributed by atoms with van der Waals surface area (Å²) in [6.07, 6.45) is 4.99. The molecule has 2 saturated heterocycles. The average molecular weight is 274 g/mol. The van der Waals surface area contributed by atoms with Gasteiger partial charge in [-0.25, -0.2) is 0 Å². The van der Waals surface area contributed by atoms with Gasteiger partial charge in [0.15, 0.2) is 0 Å². The summed E-state index contributed by atoms with van der Waals surface area (Å²) in [5.74, 6) is 0. The smallest absolute Gasteiger partial charge is 0.0781 e. The molecule has 1 N–H and O–H groups in total.